The van der Waals surface area contributed by atoms with E-state index in [-0.39, 0.29) is 18.0 Å². The highest BCUT2D eigenvalue weighted by atomic mass is 35.5. The molecular formula is C21H21Cl2NO5. The lowest BCUT2D eigenvalue weighted by Crippen LogP contribution is -2.52. The first kappa shape index (κ1) is 21.4. The van der Waals surface area contributed by atoms with Crippen LogP contribution in [0.5, 0.6) is 5.75 Å². The van der Waals surface area contributed by atoms with E-state index >= 15 is 0 Å². The van der Waals surface area contributed by atoms with Gasteiger partial charge in [0.1, 0.15) is 5.75 Å². The number of rotatable bonds is 5. The predicted octanol–water partition coefficient (Wildman–Crippen LogP) is 4.37. The number of carbonyl (C=O) groups excluding carboxylic acids is 1. The molecule has 0 unspecified atom stereocenters. The number of morpholine rings is 1. The maximum absolute atomic E-state index is 13.1. The van der Waals surface area contributed by atoms with Crippen molar-refractivity contribution in [2.75, 3.05) is 19.8 Å². The average molecular weight is 438 g/mol. The third-order valence-electron chi connectivity index (χ3n) is 4.71. The quantitative estimate of drug-likeness (QED) is 0.750. The summed E-state index contributed by atoms with van der Waals surface area (Å²) in [5.41, 5.74) is 1.65. The zero-order valence-corrected chi connectivity index (χ0v) is 17.5. The normalized spacial score (nSPS) is 19.1. The fourth-order valence-corrected chi connectivity index (χ4v) is 3.83. The van der Waals surface area contributed by atoms with Gasteiger partial charge >= 0.3 is 5.97 Å². The summed E-state index contributed by atoms with van der Waals surface area (Å²) in [6.45, 7) is 4.37. The Labute approximate surface area is 178 Å². The number of halogens is 2. The molecule has 2 aromatic carbocycles. The fraction of sp³-hybridized carbons (Fsp3) is 0.333. The Bertz CT molecular complexity index is 923. The fourth-order valence-electron chi connectivity index (χ4n) is 3.39. The van der Waals surface area contributed by atoms with Gasteiger partial charge in [-0.3, -0.25) is 4.79 Å². The van der Waals surface area contributed by atoms with E-state index in [1.807, 2.05) is 13.8 Å². The Morgan fingerprint density at radius 1 is 1.14 bits per heavy atom. The molecule has 1 aliphatic rings. The summed E-state index contributed by atoms with van der Waals surface area (Å²) >= 11 is 12.6. The lowest BCUT2D eigenvalue weighted by atomic mass is 10.0. The second-order valence-corrected chi connectivity index (χ2v) is 7.81. The van der Waals surface area contributed by atoms with E-state index in [4.69, 9.17) is 37.8 Å². The topological polar surface area (TPSA) is 76.1 Å². The molecule has 1 aliphatic heterocycles. The third-order valence-corrected chi connectivity index (χ3v) is 5.25. The highest BCUT2D eigenvalue weighted by Crippen LogP contribution is 2.35. The zero-order chi connectivity index (χ0) is 21.1. The third kappa shape index (κ3) is 4.83. The minimum atomic E-state index is -1.08. The minimum absolute atomic E-state index is 0.0501. The van der Waals surface area contributed by atoms with Gasteiger partial charge in [-0.05, 0) is 49.7 Å². The van der Waals surface area contributed by atoms with Crippen LogP contribution in [0.2, 0.25) is 10.0 Å². The molecule has 0 spiro atoms. The number of amides is 1. The average Bonchev–Trinajstić information content (AvgIpc) is 2.66. The summed E-state index contributed by atoms with van der Waals surface area (Å²) < 4.78 is 10.8. The first-order valence-electron chi connectivity index (χ1n) is 9.12. The van der Waals surface area contributed by atoms with Crippen LogP contribution in [-0.2, 0) is 9.53 Å². The van der Waals surface area contributed by atoms with Gasteiger partial charge in [0.05, 0.1) is 35.9 Å². The number of ether oxygens (including phenoxy) is 2. The zero-order valence-electron chi connectivity index (χ0n) is 16.0. The molecule has 0 aliphatic carbocycles. The molecule has 154 valence electrons. The molecule has 1 N–H and O–H groups in total. The number of aliphatic carboxylic acids is 1. The number of carbonyl (C=O) groups is 2. The summed E-state index contributed by atoms with van der Waals surface area (Å²) in [5.74, 6) is -0.876. The van der Waals surface area contributed by atoms with E-state index < -0.39 is 12.6 Å². The van der Waals surface area contributed by atoms with Crippen molar-refractivity contribution < 1.29 is 24.2 Å². The molecule has 1 amide bonds. The van der Waals surface area contributed by atoms with Crippen LogP contribution in [-0.4, -0.2) is 53.8 Å². The standard InChI is InChI=1S/C21H21Cl2NO5/c1-12-9-28-10-13(2)24(12)21(27)16-5-3-14(7-18(16)23)17-8-15(22)4-6-19(17)29-11-20(25)26/h3-8,12-13H,9-11H2,1-2H3,(H,25,26)/t12-,13+. The molecule has 29 heavy (non-hydrogen) atoms. The Hall–Kier alpha value is -2.28. The van der Waals surface area contributed by atoms with E-state index in [0.717, 1.165) is 0 Å². The second-order valence-electron chi connectivity index (χ2n) is 6.97. The van der Waals surface area contributed by atoms with Gasteiger partial charge in [0.2, 0.25) is 0 Å². The van der Waals surface area contributed by atoms with Crippen molar-refractivity contribution in [2.45, 2.75) is 25.9 Å². The molecule has 1 fully saturated rings. The summed E-state index contributed by atoms with van der Waals surface area (Å²) in [4.78, 5) is 25.7. The van der Waals surface area contributed by atoms with Crippen molar-refractivity contribution in [3.8, 4) is 16.9 Å². The lowest BCUT2D eigenvalue weighted by Gasteiger charge is -2.39. The molecule has 1 saturated heterocycles. The number of carboxylic acids is 1. The molecule has 1 heterocycles. The largest absolute Gasteiger partial charge is 0.481 e. The number of benzene rings is 2. The molecule has 3 rings (SSSR count). The van der Waals surface area contributed by atoms with Crippen molar-refractivity contribution in [1.29, 1.82) is 0 Å². The first-order valence-corrected chi connectivity index (χ1v) is 9.88. The van der Waals surface area contributed by atoms with Crippen LogP contribution in [0.3, 0.4) is 0 Å². The maximum atomic E-state index is 13.1. The summed E-state index contributed by atoms with van der Waals surface area (Å²) in [5, 5.41) is 9.64. The first-order chi connectivity index (χ1) is 13.8. The summed E-state index contributed by atoms with van der Waals surface area (Å²) in [7, 11) is 0. The molecule has 0 bridgehead atoms. The van der Waals surface area contributed by atoms with Gasteiger partial charge in [-0.1, -0.05) is 29.3 Å². The van der Waals surface area contributed by atoms with Crippen LogP contribution in [0, 0.1) is 0 Å². The Morgan fingerprint density at radius 3 is 2.45 bits per heavy atom. The SMILES string of the molecule is C[C@@H]1COC[C@H](C)N1C(=O)c1ccc(-c2cc(Cl)ccc2OCC(=O)O)cc1Cl. The Kier molecular flexibility index (Phi) is 6.67. The van der Waals surface area contributed by atoms with E-state index in [1.54, 1.807) is 41.3 Å². The van der Waals surface area contributed by atoms with Gasteiger partial charge in [-0.2, -0.15) is 0 Å². The van der Waals surface area contributed by atoms with Crippen molar-refractivity contribution in [2.24, 2.45) is 0 Å². The van der Waals surface area contributed by atoms with Crippen LogP contribution >= 0.6 is 23.2 Å². The van der Waals surface area contributed by atoms with E-state index in [1.165, 1.54) is 0 Å². The van der Waals surface area contributed by atoms with E-state index in [0.29, 0.717) is 45.7 Å². The van der Waals surface area contributed by atoms with Crippen LogP contribution in [0.1, 0.15) is 24.2 Å². The summed E-state index contributed by atoms with van der Waals surface area (Å²) in [6.07, 6.45) is 0. The van der Waals surface area contributed by atoms with E-state index in [2.05, 4.69) is 0 Å². The number of nitrogens with zero attached hydrogens (tertiary/aromatic N) is 1. The van der Waals surface area contributed by atoms with Crippen LogP contribution in [0.25, 0.3) is 11.1 Å². The molecule has 2 aromatic rings. The van der Waals surface area contributed by atoms with Crippen LogP contribution in [0.4, 0.5) is 0 Å². The van der Waals surface area contributed by atoms with Gasteiger partial charge in [0, 0.05) is 10.6 Å². The van der Waals surface area contributed by atoms with Crippen LogP contribution < -0.4 is 4.74 Å². The summed E-state index contributed by atoms with van der Waals surface area (Å²) in [6, 6.07) is 9.84. The van der Waals surface area contributed by atoms with Crippen molar-refractivity contribution >= 4 is 35.1 Å². The Morgan fingerprint density at radius 2 is 1.83 bits per heavy atom. The smallest absolute Gasteiger partial charge is 0.341 e. The Balaban J connectivity index is 1.93. The molecule has 0 saturated carbocycles. The maximum Gasteiger partial charge on any atom is 0.341 e. The number of hydrogen-bond acceptors (Lipinski definition) is 4. The second kappa shape index (κ2) is 9.03. The monoisotopic (exact) mass is 437 g/mol. The molecule has 6 nitrogen and oxygen atoms in total. The van der Waals surface area contributed by atoms with Gasteiger partial charge in [-0.25, -0.2) is 4.79 Å². The highest BCUT2D eigenvalue weighted by molar-refractivity contribution is 6.34. The van der Waals surface area contributed by atoms with Crippen molar-refractivity contribution in [3.05, 3.63) is 52.0 Å². The number of hydrogen-bond donors (Lipinski definition) is 1. The molecule has 2 atom stereocenters. The molecule has 8 heteroatoms. The van der Waals surface area contributed by atoms with Gasteiger partial charge < -0.3 is 19.5 Å². The van der Waals surface area contributed by atoms with Gasteiger partial charge in [-0.15, -0.1) is 0 Å². The van der Waals surface area contributed by atoms with Gasteiger partial charge in [0.15, 0.2) is 6.61 Å². The van der Waals surface area contributed by atoms with Crippen molar-refractivity contribution in [3.63, 3.8) is 0 Å². The van der Waals surface area contributed by atoms with E-state index in [9.17, 15) is 9.59 Å². The van der Waals surface area contributed by atoms with Crippen molar-refractivity contribution in [1.82, 2.24) is 4.90 Å². The van der Waals surface area contributed by atoms with Gasteiger partial charge in [0.25, 0.3) is 5.91 Å². The highest BCUT2D eigenvalue weighted by Gasteiger charge is 2.31. The molecular weight excluding hydrogens is 417 g/mol. The molecule has 0 aromatic heterocycles. The lowest BCUT2D eigenvalue weighted by molar-refractivity contribution is -0.139. The predicted molar refractivity (Wildman–Crippen MR) is 111 cm³/mol. The van der Waals surface area contributed by atoms with Crippen LogP contribution in [0.15, 0.2) is 36.4 Å². The molecule has 0 radical (unpaired) electrons. The minimum Gasteiger partial charge on any atom is -0.481 e. The number of carboxylic acid groups (broad SMARTS) is 1.